The lowest BCUT2D eigenvalue weighted by Gasteiger charge is -2.26. The SMILES string of the molecule is CN(C)C(CNC(=O)CN(C)C1CCS(=O)(=O)C1)c1ccccc1. The maximum atomic E-state index is 12.2. The second-order valence-corrected chi connectivity index (χ2v) is 8.89. The van der Waals surface area contributed by atoms with Crippen LogP contribution in [0, 0.1) is 0 Å². The number of benzene rings is 1. The molecule has 1 heterocycles. The van der Waals surface area contributed by atoms with Gasteiger partial charge < -0.3 is 10.2 Å². The Kier molecular flexibility index (Phi) is 6.37. The van der Waals surface area contributed by atoms with Crippen LogP contribution < -0.4 is 5.32 Å². The quantitative estimate of drug-likeness (QED) is 0.774. The number of nitrogens with one attached hydrogen (secondary N) is 1. The van der Waals surface area contributed by atoms with Gasteiger partial charge in [0, 0.05) is 12.6 Å². The van der Waals surface area contributed by atoms with E-state index in [-0.39, 0.29) is 36.0 Å². The predicted molar refractivity (Wildman–Crippen MR) is 95.6 cm³/mol. The van der Waals surface area contributed by atoms with Crippen molar-refractivity contribution in [1.82, 2.24) is 15.1 Å². The molecule has 2 rings (SSSR count). The molecule has 0 spiro atoms. The number of likely N-dealkylation sites (N-methyl/N-ethyl adjacent to an activating group) is 2. The lowest BCUT2D eigenvalue weighted by Crippen LogP contribution is -2.43. The molecule has 1 aromatic carbocycles. The molecule has 1 aliphatic heterocycles. The van der Waals surface area contributed by atoms with Crippen LogP contribution in [-0.2, 0) is 14.6 Å². The van der Waals surface area contributed by atoms with Gasteiger partial charge >= 0.3 is 0 Å². The summed E-state index contributed by atoms with van der Waals surface area (Å²) >= 11 is 0. The summed E-state index contributed by atoms with van der Waals surface area (Å²) in [6, 6.07) is 10.1. The molecule has 1 N–H and O–H groups in total. The molecule has 0 aliphatic carbocycles. The summed E-state index contributed by atoms with van der Waals surface area (Å²) < 4.78 is 23.1. The minimum absolute atomic E-state index is 0.0560. The molecule has 1 fully saturated rings. The number of hydrogen-bond donors (Lipinski definition) is 1. The molecule has 2 atom stereocenters. The van der Waals surface area contributed by atoms with E-state index in [9.17, 15) is 13.2 Å². The number of rotatable bonds is 7. The minimum atomic E-state index is -2.93. The number of amides is 1. The number of nitrogens with zero attached hydrogens (tertiary/aromatic N) is 2. The first-order valence-corrected chi connectivity index (χ1v) is 9.99. The number of hydrogen-bond acceptors (Lipinski definition) is 5. The van der Waals surface area contributed by atoms with Gasteiger partial charge in [0.05, 0.1) is 24.1 Å². The van der Waals surface area contributed by atoms with E-state index in [1.165, 1.54) is 0 Å². The molecule has 7 heteroatoms. The molecule has 134 valence electrons. The Morgan fingerprint density at radius 2 is 1.92 bits per heavy atom. The first-order valence-electron chi connectivity index (χ1n) is 8.17. The Hall–Kier alpha value is -1.44. The van der Waals surface area contributed by atoms with Gasteiger partial charge in [-0.2, -0.15) is 0 Å². The molecule has 24 heavy (non-hydrogen) atoms. The minimum Gasteiger partial charge on any atom is -0.353 e. The van der Waals surface area contributed by atoms with Crippen molar-refractivity contribution >= 4 is 15.7 Å². The van der Waals surface area contributed by atoms with Crippen LogP contribution in [0.4, 0.5) is 0 Å². The third-order valence-electron chi connectivity index (χ3n) is 4.53. The van der Waals surface area contributed by atoms with Crippen LogP contribution in [-0.4, -0.2) is 75.9 Å². The zero-order chi connectivity index (χ0) is 17.7. The molecular weight excluding hydrogens is 326 g/mol. The van der Waals surface area contributed by atoms with E-state index in [2.05, 4.69) is 10.2 Å². The lowest BCUT2D eigenvalue weighted by atomic mass is 10.1. The maximum absolute atomic E-state index is 12.2. The summed E-state index contributed by atoms with van der Waals surface area (Å²) in [4.78, 5) is 16.1. The van der Waals surface area contributed by atoms with E-state index in [1.54, 1.807) is 0 Å². The molecule has 0 saturated carbocycles. The summed E-state index contributed by atoms with van der Waals surface area (Å²) in [6.07, 6.45) is 0.608. The van der Waals surface area contributed by atoms with Crippen molar-refractivity contribution < 1.29 is 13.2 Å². The van der Waals surface area contributed by atoms with Crippen molar-refractivity contribution in [2.45, 2.75) is 18.5 Å². The number of sulfone groups is 1. The number of carbonyl (C=O) groups excluding carboxylic acids is 1. The fraction of sp³-hybridized carbons (Fsp3) is 0.588. The van der Waals surface area contributed by atoms with Crippen LogP contribution in [0.15, 0.2) is 30.3 Å². The van der Waals surface area contributed by atoms with Crippen LogP contribution in [0.25, 0.3) is 0 Å². The van der Waals surface area contributed by atoms with E-state index in [0.29, 0.717) is 13.0 Å². The topological polar surface area (TPSA) is 69.7 Å². The standard InChI is InChI=1S/C17H27N3O3S/c1-19(2)16(14-7-5-4-6-8-14)11-18-17(21)12-20(3)15-9-10-24(22,23)13-15/h4-8,15-16H,9-13H2,1-3H3,(H,18,21). The van der Waals surface area contributed by atoms with Crippen LogP contribution in [0.1, 0.15) is 18.0 Å². The monoisotopic (exact) mass is 353 g/mol. The molecule has 1 saturated heterocycles. The molecule has 1 aromatic rings. The van der Waals surface area contributed by atoms with Gasteiger partial charge in [-0.3, -0.25) is 9.69 Å². The Bertz CT molecular complexity index is 646. The molecule has 6 nitrogen and oxygen atoms in total. The van der Waals surface area contributed by atoms with E-state index in [0.717, 1.165) is 5.56 Å². The van der Waals surface area contributed by atoms with Gasteiger partial charge in [0.2, 0.25) is 5.91 Å². The highest BCUT2D eigenvalue weighted by atomic mass is 32.2. The molecular formula is C17H27N3O3S. The van der Waals surface area contributed by atoms with Crippen LogP contribution in [0.2, 0.25) is 0 Å². The van der Waals surface area contributed by atoms with Crippen molar-refractivity contribution in [2.24, 2.45) is 0 Å². The van der Waals surface area contributed by atoms with Crippen molar-refractivity contribution in [3.05, 3.63) is 35.9 Å². The second kappa shape index (κ2) is 8.09. The largest absolute Gasteiger partial charge is 0.353 e. The highest BCUT2D eigenvalue weighted by molar-refractivity contribution is 7.91. The summed E-state index contributed by atoms with van der Waals surface area (Å²) in [5.41, 5.74) is 1.15. The van der Waals surface area contributed by atoms with Crippen molar-refractivity contribution in [1.29, 1.82) is 0 Å². The van der Waals surface area contributed by atoms with Gasteiger partial charge in [0.15, 0.2) is 9.84 Å². The average molecular weight is 353 g/mol. The van der Waals surface area contributed by atoms with E-state index >= 15 is 0 Å². The van der Waals surface area contributed by atoms with Crippen molar-refractivity contribution in [3.8, 4) is 0 Å². The van der Waals surface area contributed by atoms with Crippen molar-refractivity contribution in [2.75, 3.05) is 45.7 Å². The third kappa shape index (κ3) is 5.29. The zero-order valence-corrected chi connectivity index (χ0v) is 15.4. The van der Waals surface area contributed by atoms with Crippen LogP contribution in [0.5, 0.6) is 0 Å². The van der Waals surface area contributed by atoms with Gasteiger partial charge in [-0.05, 0) is 33.1 Å². The third-order valence-corrected chi connectivity index (χ3v) is 6.28. The smallest absolute Gasteiger partial charge is 0.234 e. The van der Waals surface area contributed by atoms with E-state index in [1.807, 2.05) is 56.4 Å². The normalized spacial score (nSPS) is 21.1. The van der Waals surface area contributed by atoms with Crippen LogP contribution in [0.3, 0.4) is 0 Å². The van der Waals surface area contributed by atoms with Crippen molar-refractivity contribution in [3.63, 3.8) is 0 Å². The fourth-order valence-electron chi connectivity index (χ4n) is 3.02. The first kappa shape index (κ1) is 18.9. The molecule has 0 radical (unpaired) electrons. The van der Waals surface area contributed by atoms with E-state index < -0.39 is 9.84 Å². The predicted octanol–water partition coefficient (Wildman–Crippen LogP) is 0.524. The maximum Gasteiger partial charge on any atom is 0.234 e. The van der Waals surface area contributed by atoms with Gasteiger partial charge in [-0.1, -0.05) is 30.3 Å². The molecule has 2 unspecified atom stereocenters. The van der Waals surface area contributed by atoms with Gasteiger partial charge in [-0.15, -0.1) is 0 Å². The Balaban J connectivity index is 1.85. The van der Waals surface area contributed by atoms with Crippen LogP contribution >= 0.6 is 0 Å². The fourth-order valence-corrected chi connectivity index (χ4v) is 4.82. The Labute approximate surface area is 144 Å². The first-order chi connectivity index (χ1) is 11.3. The zero-order valence-electron chi connectivity index (χ0n) is 14.6. The average Bonchev–Trinajstić information content (AvgIpc) is 2.88. The molecule has 0 aromatic heterocycles. The number of carbonyl (C=O) groups is 1. The summed E-state index contributed by atoms with van der Waals surface area (Å²) in [6.45, 7) is 0.738. The highest BCUT2D eigenvalue weighted by Gasteiger charge is 2.31. The Morgan fingerprint density at radius 3 is 2.46 bits per heavy atom. The molecule has 1 aliphatic rings. The molecule has 0 bridgehead atoms. The van der Waals surface area contributed by atoms with Gasteiger partial charge in [0.25, 0.3) is 0 Å². The molecule has 1 amide bonds. The van der Waals surface area contributed by atoms with Gasteiger partial charge in [0.1, 0.15) is 0 Å². The second-order valence-electron chi connectivity index (χ2n) is 6.67. The Morgan fingerprint density at radius 1 is 1.25 bits per heavy atom. The highest BCUT2D eigenvalue weighted by Crippen LogP contribution is 2.17. The lowest BCUT2D eigenvalue weighted by molar-refractivity contribution is -0.122. The summed E-state index contributed by atoms with van der Waals surface area (Å²) in [5.74, 6) is 0.297. The summed E-state index contributed by atoms with van der Waals surface area (Å²) in [7, 11) is 2.85. The summed E-state index contributed by atoms with van der Waals surface area (Å²) in [5, 5.41) is 2.97. The van der Waals surface area contributed by atoms with Gasteiger partial charge in [-0.25, -0.2) is 8.42 Å². The van der Waals surface area contributed by atoms with E-state index in [4.69, 9.17) is 0 Å².